The fourth-order valence-corrected chi connectivity index (χ4v) is 0.454. The molecule has 4 nitrogen and oxygen atoms in total. The van der Waals surface area contributed by atoms with Crippen LogP contribution in [0.5, 0.6) is 0 Å². The number of ether oxygens (including phenoxy) is 1. The van der Waals surface area contributed by atoms with Crippen molar-refractivity contribution in [3.63, 3.8) is 0 Å². The van der Waals surface area contributed by atoms with Crippen molar-refractivity contribution in [1.29, 1.82) is 0 Å². The molecule has 0 aromatic carbocycles. The fraction of sp³-hybridized carbons (Fsp3) is 0.667. The van der Waals surface area contributed by atoms with Crippen LogP contribution in [0.1, 0.15) is 0 Å². The average molecular weight is 111 g/mol. The summed E-state index contributed by atoms with van der Waals surface area (Å²) in [6.07, 6.45) is -0.799. The molecule has 1 fully saturated rings. The van der Waals surface area contributed by atoms with Crippen LogP contribution >= 0.6 is 0 Å². The molecule has 1 heterocycles. The molecule has 1 aliphatic rings. The monoisotopic (exact) mass is 111 g/mol. The SMILES string of the molecule is [B]=NC1COC(=O)N1. The van der Waals surface area contributed by atoms with Gasteiger partial charge in [0.2, 0.25) is 0 Å². The molecule has 0 saturated carbocycles. The summed E-state index contributed by atoms with van der Waals surface area (Å²) in [6.45, 7) is 0.245. The molecule has 1 N–H and O–H groups in total. The van der Waals surface area contributed by atoms with Crippen molar-refractivity contribution < 1.29 is 9.53 Å². The third kappa shape index (κ3) is 0.855. The van der Waals surface area contributed by atoms with E-state index < -0.39 is 6.09 Å². The Morgan fingerprint density at radius 1 is 2.00 bits per heavy atom. The second kappa shape index (κ2) is 1.94. The molecule has 1 rings (SSSR count). The van der Waals surface area contributed by atoms with E-state index >= 15 is 0 Å². The minimum atomic E-state index is -0.454. The molecule has 5 heteroatoms. The number of hydrogen-bond donors (Lipinski definition) is 1. The van der Waals surface area contributed by atoms with Gasteiger partial charge in [0.15, 0.2) is 0 Å². The van der Waals surface area contributed by atoms with Crippen molar-refractivity contribution in [2.45, 2.75) is 6.17 Å². The molecule has 0 aromatic heterocycles. The van der Waals surface area contributed by atoms with E-state index in [-0.39, 0.29) is 12.8 Å². The van der Waals surface area contributed by atoms with Crippen LogP contribution in [-0.4, -0.2) is 26.5 Å². The van der Waals surface area contributed by atoms with E-state index in [9.17, 15) is 4.79 Å². The van der Waals surface area contributed by atoms with Crippen LogP contribution in [0.15, 0.2) is 4.90 Å². The average Bonchev–Trinajstić information content (AvgIpc) is 2.14. The van der Waals surface area contributed by atoms with Gasteiger partial charge in [-0.05, 0) is 0 Å². The van der Waals surface area contributed by atoms with Gasteiger partial charge in [-0.1, -0.05) is 0 Å². The molecule has 1 saturated heterocycles. The van der Waals surface area contributed by atoms with E-state index in [1.165, 1.54) is 0 Å². The maximum absolute atomic E-state index is 10.2. The number of carbonyl (C=O) groups is 1. The maximum atomic E-state index is 10.2. The molecule has 1 unspecified atom stereocenters. The summed E-state index contributed by atoms with van der Waals surface area (Å²) in [5, 5.41) is 2.35. The molecule has 8 heavy (non-hydrogen) atoms. The Balaban J connectivity index is 2.43. The zero-order chi connectivity index (χ0) is 5.98. The third-order valence-corrected chi connectivity index (χ3v) is 0.837. The van der Waals surface area contributed by atoms with Gasteiger partial charge in [0, 0.05) is 0 Å². The predicted molar refractivity (Wildman–Crippen MR) is 26.5 cm³/mol. The molecule has 0 bridgehead atoms. The Labute approximate surface area is 47.3 Å². The van der Waals surface area contributed by atoms with Crippen molar-refractivity contribution in [3.05, 3.63) is 0 Å². The number of rotatable bonds is 1. The van der Waals surface area contributed by atoms with Crippen LogP contribution in [-0.2, 0) is 4.74 Å². The first-order valence-corrected chi connectivity index (χ1v) is 2.16. The molecule has 1 amide bonds. The van der Waals surface area contributed by atoms with Crippen molar-refractivity contribution in [3.8, 4) is 0 Å². The van der Waals surface area contributed by atoms with Gasteiger partial charge in [0.25, 0.3) is 0 Å². The Bertz CT molecular complexity index is 126. The van der Waals surface area contributed by atoms with Gasteiger partial charge in [-0.25, -0.2) is 0 Å². The molecule has 0 spiro atoms. The predicted octanol–water partition coefficient (Wildman–Crippen LogP) is -0.596. The zero-order valence-corrected chi connectivity index (χ0v) is 4.13. The second-order valence-electron chi connectivity index (χ2n) is 1.41. The molecule has 1 aliphatic heterocycles. The van der Waals surface area contributed by atoms with Gasteiger partial charge in [-0.2, -0.15) is 0 Å². The summed E-state index contributed by atoms with van der Waals surface area (Å²) < 4.78 is 4.43. The number of alkyl carbamates (subject to hydrolysis) is 1. The van der Waals surface area contributed by atoms with E-state index in [4.69, 9.17) is 7.64 Å². The Morgan fingerprint density at radius 3 is 3.00 bits per heavy atom. The normalized spacial score (nSPS) is 26.4. The summed E-state index contributed by atoms with van der Waals surface area (Å²) in [4.78, 5) is 13.4. The molecule has 0 aliphatic carbocycles. The molecule has 1 atom stereocenters. The van der Waals surface area contributed by atoms with Gasteiger partial charge in [0.1, 0.15) is 0 Å². The summed E-state index contributed by atoms with van der Waals surface area (Å²) >= 11 is 0. The van der Waals surface area contributed by atoms with Gasteiger partial charge < -0.3 is 0 Å². The first-order chi connectivity index (χ1) is 3.83. The van der Waals surface area contributed by atoms with Crippen LogP contribution in [0, 0.1) is 0 Å². The zero-order valence-electron chi connectivity index (χ0n) is 4.13. The van der Waals surface area contributed by atoms with Crippen molar-refractivity contribution in [1.82, 2.24) is 5.32 Å². The van der Waals surface area contributed by atoms with Crippen LogP contribution in [0.25, 0.3) is 0 Å². The van der Waals surface area contributed by atoms with Crippen molar-refractivity contribution in [2.75, 3.05) is 6.61 Å². The van der Waals surface area contributed by atoms with E-state index in [0.29, 0.717) is 0 Å². The van der Waals surface area contributed by atoms with Gasteiger partial charge in [-0.15, -0.1) is 0 Å². The Hall–Kier alpha value is -0.865. The van der Waals surface area contributed by atoms with Gasteiger partial charge in [0.05, 0.1) is 0 Å². The topological polar surface area (TPSA) is 50.7 Å². The quantitative estimate of drug-likeness (QED) is 0.459. The summed E-state index contributed by atoms with van der Waals surface area (Å²) in [5.74, 6) is 0. The minimum absolute atomic E-state index is 0.245. The molecule has 1 radical (unpaired) electrons. The number of hydrogen-bond acceptors (Lipinski definition) is 3. The van der Waals surface area contributed by atoms with E-state index in [0.717, 1.165) is 0 Å². The number of cyclic esters (lactones) is 1. The summed E-state index contributed by atoms with van der Waals surface area (Å²) in [5.41, 5.74) is 0. The molecule has 0 aromatic rings. The van der Waals surface area contributed by atoms with E-state index in [2.05, 4.69) is 14.9 Å². The van der Waals surface area contributed by atoms with Crippen molar-refractivity contribution >= 4 is 13.7 Å². The number of amides is 1. The number of nitrogens with one attached hydrogen (secondary N) is 1. The van der Waals surface area contributed by atoms with Crippen LogP contribution in [0.3, 0.4) is 0 Å². The number of nitrogens with zero attached hydrogens (tertiary/aromatic N) is 1. The van der Waals surface area contributed by atoms with Crippen molar-refractivity contribution in [2.24, 2.45) is 4.90 Å². The van der Waals surface area contributed by atoms with Crippen LogP contribution in [0.4, 0.5) is 4.79 Å². The van der Waals surface area contributed by atoms with Crippen LogP contribution in [0.2, 0.25) is 0 Å². The summed E-state index contributed by atoms with van der Waals surface area (Å²) in [6, 6.07) is 0. The Morgan fingerprint density at radius 2 is 2.75 bits per heavy atom. The Kier molecular flexibility index (Phi) is 1.28. The van der Waals surface area contributed by atoms with Crippen LogP contribution < -0.4 is 5.32 Å². The third-order valence-electron chi connectivity index (χ3n) is 0.837. The molecular weight excluding hydrogens is 107 g/mol. The fourth-order valence-electron chi connectivity index (χ4n) is 0.454. The first kappa shape index (κ1) is 5.28. The van der Waals surface area contributed by atoms with E-state index in [1.54, 1.807) is 0 Å². The number of carbonyl (C=O) groups excluding carboxylic acids is 1. The van der Waals surface area contributed by atoms with Gasteiger partial charge in [-0.3, -0.25) is 0 Å². The van der Waals surface area contributed by atoms with E-state index in [1.807, 2.05) is 0 Å². The van der Waals surface area contributed by atoms with Gasteiger partial charge >= 0.3 is 46.2 Å². The summed E-state index contributed by atoms with van der Waals surface area (Å²) in [7, 11) is 4.83. The first-order valence-electron chi connectivity index (χ1n) is 2.16. The molecule has 41 valence electrons. The second-order valence-corrected chi connectivity index (χ2v) is 1.41. The standard InChI is InChI=1S/C3H4BN2O2/c4-6-2-1-8-3(7)5-2/h2H,1H2,(H,5,7). The molecular formula is C3H4BN2O2.